The van der Waals surface area contributed by atoms with Gasteiger partial charge in [-0.2, -0.15) is 0 Å². The van der Waals surface area contributed by atoms with Gasteiger partial charge in [-0.05, 0) is 24.1 Å². The molecule has 1 aromatic rings. The first-order valence-electron chi connectivity index (χ1n) is 5.93. The Kier molecular flexibility index (Phi) is 5.28. The summed E-state index contributed by atoms with van der Waals surface area (Å²) in [5.41, 5.74) is 7.04. The second-order valence-corrected chi connectivity index (χ2v) is 5.17. The molecule has 3 N–H and O–H groups in total. The maximum Gasteiger partial charge on any atom is 0.239 e. The van der Waals surface area contributed by atoms with Gasteiger partial charge in [0.2, 0.25) is 5.91 Å². The molecule has 18 heavy (non-hydrogen) atoms. The summed E-state index contributed by atoms with van der Waals surface area (Å²) in [6, 6.07) is 5.26. The highest BCUT2D eigenvalue weighted by Crippen LogP contribution is 2.26. The number of nitrogens with zero attached hydrogens (tertiary/aromatic N) is 1. The smallest absolute Gasteiger partial charge is 0.239 e. The number of hydrogen-bond donors (Lipinski definition) is 2. The van der Waals surface area contributed by atoms with Crippen LogP contribution in [0.5, 0.6) is 0 Å². The molecular weight excluding hydrogens is 250 g/mol. The molecule has 1 aromatic carbocycles. The molecule has 0 aliphatic carbocycles. The number of likely N-dealkylation sites (N-methyl/N-ethyl adjacent to an activating group) is 1. The summed E-state index contributed by atoms with van der Waals surface area (Å²) in [7, 11) is 1.83. The predicted octanol–water partition coefficient (Wildman–Crippen LogP) is 2.13. The first-order chi connectivity index (χ1) is 8.40. The van der Waals surface area contributed by atoms with E-state index < -0.39 is 0 Å². The Hall–Kier alpha value is -1.42. The van der Waals surface area contributed by atoms with Crippen LogP contribution >= 0.6 is 11.6 Å². The number of hydrogen-bond acceptors (Lipinski definition) is 3. The maximum absolute atomic E-state index is 11.7. The Morgan fingerprint density at radius 1 is 1.50 bits per heavy atom. The van der Waals surface area contributed by atoms with Gasteiger partial charge in [0.1, 0.15) is 0 Å². The molecule has 0 atom stereocenters. The fourth-order valence-corrected chi connectivity index (χ4v) is 1.84. The number of nitrogens with two attached hydrogens (primary N) is 1. The molecule has 0 aliphatic rings. The van der Waals surface area contributed by atoms with Crippen molar-refractivity contribution < 1.29 is 4.79 Å². The zero-order valence-corrected chi connectivity index (χ0v) is 11.8. The summed E-state index contributed by atoms with van der Waals surface area (Å²) in [6.45, 7) is 5.07. The molecule has 0 saturated carbocycles. The average Bonchev–Trinajstić information content (AvgIpc) is 2.26. The third kappa shape index (κ3) is 4.45. The molecule has 0 aromatic heterocycles. The fourth-order valence-electron chi connectivity index (χ4n) is 1.51. The molecule has 5 heteroatoms. The summed E-state index contributed by atoms with van der Waals surface area (Å²) in [5, 5.41) is 3.42. The van der Waals surface area contributed by atoms with Crippen LogP contribution in [0.15, 0.2) is 18.2 Å². The third-order valence-electron chi connectivity index (χ3n) is 2.47. The van der Waals surface area contributed by atoms with Gasteiger partial charge in [-0.1, -0.05) is 25.4 Å². The largest absolute Gasteiger partial charge is 0.399 e. The van der Waals surface area contributed by atoms with Gasteiger partial charge in [0.05, 0.1) is 17.3 Å². The van der Waals surface area contributed by atoms with Gasteiger partial charge < -0.3 is 16.0 Å². The number of nitrogen functional groups attached to an aromatic ring is 1. The fraction of sp³-hybridized carbons (Fsp3) is 0.462. The molecule has 1 rings (SSSR count). The number of benzene rings is 1. The summed E-state index contributed by atoms with van der Waals surface area (Å²) < 4.78 is 0. The zero-order valence-electron chi connectivity index (χ0n) is 11.0. The molecule has 4 nitrogen and oxygen atoms in total. The third-order valence-corrected chi connectivity index (χ3v) is 2.77. The highest BCUT2D eigenvalue weighted by molar-refractivity contribution is 6.33. The number of carbonyl (C=O) groups is 1. The monoisotopic (exact) mass is 269 g/mol. The second kappa shape index (κ2) is 6.50. The van der Waals surface area contributed by atoms with E-state index >= 15 is 0 Å². The molecule has 0 spiro atoms. The number of anilines is 2. The molecule has 0 heterocycles. The van der Waals surface area contributed by atoms with Crippen molar-refractivity contribution in [1.82, 2.24) is 5.32 Å². The van der Waals surface area contributed by atoms with Gasteiger partial charge in [0.25, 0.3) is 0 Å². The number of rotatable bonds is 5. The maximum atomic E-state index is 11.7. The average molecular weight is 270 g/mol. The van der Waals surface area contributed by atoms with Crippen LogP contribution in [0.3, 0.4) is 0 Å². The first-order valence-corrected chi connectivity index (χ1v) is 6.30. The minimum absolute atomic E-state index is 0.0147. The molecule has 0 bridgehead atoms. The van der Waals surface area contributed by atoms with Crippen LogP contribution in [0.4, 0.5) is 11.4 Å². The van der Waals surface area contributed by atoms with Gasteiger partial charge in [-0.3, -0.25) is 4.79 Å². The standard InChI is InChI=1S/C13H20ClN3O/c1-9(2)7-16-13(18)8-17(3)12-5-4-10(15)6-11(12)14/h4-6,9H,7-8,15H2,1-3H3,(H,16,18). The molecule has 0 fully saturated rings. The van der Waals surface area contributed by atoms with Gasteiger partial charge in [0.15, 0.2) is 0 Å². The summed E-state index contributed by atoms with van der Waals surface area (Å²) in [5.74, 6) is 0.429. The van der Waals surface area contributed by atoms with Crippen molar-refractivity contribution in [2.75, 3.05) is 30.8 Å². The van der Waals surface area contributed by atoms with Crippen LogP contribution in [0.2, 0.25) is 5.02 Å². The molecule has 1 amide bonds. The minimum atomic E-state index is -0.0147. The first kappa shape index (κ1) is 14.6. The molecular formula is C13H20ClN3O. The Morgan fingerprint density at radius 3 is 2.72 bits per heavy atom. The predicted molar refractivity (Wildman–Crippen MR) is 77.0 cm³/mol. The molecule has 0 saturated heterocycles. The SMILES string of the molecule is CC(C)CNC(=O)CN(C)c1ccc(N)cc1Cl. The molecule has 0 radical (unpaired) electrons. The molecule has 0 unspecified atom stereocenters. The zero-order chi connectivity index (χ0) is 13.7. The van der Waals surface area contributed by atoms with Crippen LogP contribution < -0.4 is 16.0 Å². The number of amides is 1. The van der Waals surface area contributed by atoms with Crippen molar-refractivity contribution in [2.45, 2.75) is 13.8 Å². The van der Waals surface area contributed by atoms with Crippen LogP contribution in [-0.4, -0.2) is 26.0 Å². The second-order valence-electron chi connectivity index (χ2n) is 4.76. The Bertz CT molecular complexity index is 421. The van der Waals surface area contributed by atoms with Crippen molar-refractivity contribution in [3.63, 3.8) is 0 Å². The van der Waals surface area contributed by atoms with Gasteiger partial charge in [-0.15, -0.1) is 0 Å². The van der Waals surface area contributed by atoms with E-state index in [0.717, 1.165) is 5.69 Å². The molecule has 100 valence electrons. The van der Waals surface area contributed by atoms with Crippen molar-refractivity contribution >= 4 is 28.9 Å². The summed E-state index contributed by atoms with van der Waals surface area (Å²) in [4.78, 5) is 13.5. The lowest BCUT2D eigenvalue weighted by Crippen LogP contribution is -2.36. The van der Waals surface area contributed by atoms with Crippen LogP contribution in [0, 0.1) is 5.92 Å². The Labute approximate surface area is 113 Å². The van der Waals surface area contributed by atoms with E-state index in [0.29, 0.717) is 23.2 Å². The summed E-state index contributed by atoms with van der Waals surface area (Å²) >= 11 is 6.08. The normalized spacial score (nSPS) is 10.5. The lowest BCUT2D eigenvalue weighted by Gasteiger charge is -2.20. The van der Waals surface area contributed by atoms with E-state index in [9.17, 15) is 4.79 Å². The van der Waals surface area contributed by atoms with E-state index in [1.165, 1.54) is 0 Å². The summed E-state index contributed by atoms with van der Waals surface area (Å²) in [6.07, 6.45) is 0. The van der Waals surface area contributed by atoms with Gasteiger partial charge in [-0.25, -0.2) is 0 Å². The Morgan fingerprint density at radius 2 is 2.17 bits per heavy atom. The van der Waals surface area contributed by atoms with E-state index in [1.807, 2.05) is 13.1 Å². The lowest BCUT2D eigenvalue weighted by atomic mass is 10.2. The highest BCUT2D eigenvalue weighted by Gasteiger charge is 2.10. The van der Waals surface area contributed by atoms with Crippen molar-refractivity contribution in [3.05, 3.63) is 23.2 Å². The lowest BCUT2D eigenvalue weighted by molar-refractivity contribution is -0.119. The highest BCUT2D eigenvalue weighted by atomic mass is 35.5. The van der Waals surface area contributed by atoms with Crippen molar-refractivity contribution in [2.24, 2.45) is 5.92 Å². The number of nitrogens with one attached hydrogen (secondary N) is 1. The van der Waals surface area contributed by atoms with E-state index in [2.05, 4.69) is 19.2 Å². The van der Waals surface area contributed by atoms with Crippen molar-refractivity contribution in [3.8, 4) is 0 Å². The van der Waals surface area contributed by atoms with Crippen molar-refractivity contribution in [1.29, 1.82) is 0 Å². The quantitative estimate of drug-likeness (QED) is 0.805. The van der Waals surface area contributed by atoms with Gasteiger partial charge in [0, 0.05) is 19.3 Å². The van der Waals surface area contributed by atoms with E-state index in [1.54, 1.807) is 17.0 Å². The topological polar surface area (TPSA) is 58.4 Å². The van der Waals surface area contributed by atoms with E-state index in [-0.39, 0.29) is 12.5 Å². The van der Waals surface area contributed by atoms with Crippen LogP contribution in [0.25, 0.3) is 0 Å². The minimum Gasteiger partial charge on any atom is -0.399 e. The number of carbonyl (C=O) groups excluding carboxylic acids is 1. The van der Waals surface area contributed by atoms with Crippen LogP contribution in [0.1, 0.15) is 13.8 Å². The van der Waals surface area contributed by atoms with Crippen LogP contribution in [-0.2, 0) is 4.79 Å². The van der Waals surface area contributed by atoms with Gasteiger partial charge >= 0.3 is 0 Å². The Balaban J connectivity index is 2.59. The number of halogens is 1. The molecule has 0 aliphatic heterocycles. The van der Waals surface area contributed by atoms with E-state index in [4.69, 9.17) is 17.3 Å².